The number of rotatable bonds is 2. The minimum Gasteiger partial charge on any atom is -0.370 e. The number of benzene rings is 1. The van der Waals surface area contributed by atoms with Crippen LogP contribution in [0.15, 0.2) is 28.2 Å². The topological polar surface area (TPSA) is 88.8 Å². The van der Waals surface area contributed by atoms with Crippen molar-refractivity contribution in [1.29, 1.82) is 0 Å². The first-order valence-corrected chi connectivity index (χ1v) is 5.97. The summed E-state index contributed by atoms with van der Waals surface area (Å²) in [5, 5.41) is 3.73. The van der Waals surface area contributed by atoms with Gasteiger partial charge in [0.25, 0.3) is 0 Å². The molecule has 0 aliphatic heterocycles. The summed E-state index contributed by atoms with van der Waals surface area (Å²) in [5.74, 6) is 0.343. The summed E-state index contributed by atoms with van der Waals surface area (Å²) in [5.41, 5.74) is 11.9. The van der Waals surface area contributed by atoms with Crippen LogP contribution in [0, 0.1) is 0 Å². The van der Waals surface area contributed by atoms with Crippen LogP contribution in [-0.4, -0.2) is 19.0 Å². The zero-order valence-electron chi connectivity index (χ0n) is 10.1. The molecule has 1 atom stereocenters. The van der Waals surface area contributed by atoms with Gasteiger partial charge in [-0.25, -0.2) is 4.99 Å². The van der Waals surface area contributed by atoms with E-state index in [0.29, 0.717) is 10.0 Å². The number of guanidine groups is 2. The van der Waals surface area contributed by atoms with Crippen LogP contribution in [0.3, 0.4) is 0 Å². The van der Waals surface area contributed by atoms with Crippen molar-refractivity contribution in [3.63, 3.8) is 0 Å². The lowest BCUT2D eigenvalue weighted by Gasteiger charge is -2.12. The maximum Gasteiger partial charge on any atom is 0.196 e. The zero-order valence-corrected chi connectivity index (χ0v) is 11.6. The average Bonchev–Trinajstić information content (AvgIpc) is 2.28. The number of hydrogen-bond acceptors (Lipinski definition) is 2. The number of nitrogens with two attached hydrogens (primary N) is 2. The molecular formula is C11H15Cl2N5. The first-order valence-electron chi connectivity index (χ1n) is 5.22. The van der Waals surface area contributed by atoms with Crippen molar-refractivity contribution in [2.75, 3.05) is 7.05 Å². The van der Waals surface area contributed by atoms with Gasteiger partial charge in [0.15, 0.2) is 11.9 Å². The fourth-order valence-corrected chi connectivity index (χ4v) is 2.12. The Hall–Kier alpha value is -1.46. The van der Waals surface area contributed by atoms with E-state index in [0.717, 1.165) is 5.56 Å². The van der Waals surface area contributed by atoms with E-state index >= 15 is 0 Å². The molecule has 0 spiro atoms. The van der Waals surface area contributed by atoms with Gasteiger partial charge in [-0.15, -0.1) is 0 Å². The molecule has 1 rings (SSSR count). The van der Waals surface area contributed by atoms with E-state index in [1.807, 2.05) is 6.92 Å². The second-order valence-electron chi connectivity index (χ2n) is 3.56. The summed E-state index contributed by atoms with van der Waals surface area (Å²) in [4.78, 5) is 7.92. The highest BCUT2D eigenvalue weighted by molar-refractivity contribution is 6.36. The highest BCUT2D eigenvalue weighted by Gasteiger charge is 2.13. The normalized spacial score (nSPS) is 14.4. The lowest BCUT2D eigenvalue weighted by Crippen LogP contribution is -2.41. The van der Waals surface area contributed by atoms with E-state index in [-0.39, 0.29) is 18.0 Å². The molecule has 5 N–H and O–H groups in total. The van der Waals surface area contributed by atoms with Gasteiger partial charge in [0.05, 0.1) is 6.04 Å². The average molecular weight is 288 g/mol. The van der Waals surface area contributed by atoms with Crippen LogP contribution in [0.25, 0.3) is 0 Å². The number of hydrogen-bond donors (Lipinski definition) is 3. The van der Waals surface area contributed by atoms with E-state index in [1.165, 1.54) is 0 Å². The van der Waals surface area contributed by atoms with Crippen LogP contribution in [0.4, 0.5) is 0 Å². The lowest BCUT2D eigenvalue weighted by atomic mass is 10.1. The Kier molecular flexibility index (Phi) is 5.25. The Labute approximate surface area is 116 Å². The minimum atomic E-state index is -0.289. The van der Waals surface area contributed by atoms with Crippen molar-refractivity contribution in [3.05, 3.63) is 33.8 Å². The first-order chi connectivity index (χ1) is 8.45. The fraction of sp³-hybridized carbons (Fsp3) is 0.273. The van der Waals surface area contributed by atoms with Gasteiger partial charge in [-0.1, -0.05) is 29.3 Å². The molecule has 0 fully saturated rings. The number of aliphatic imine (C=N–C) groups is 2. The lowest BCUT2D eigenvalue weighted by molar-refractivity contribution is 0.812. The fourth-order valence-electron chi connectivity index (χ4n) is 1.40. The Bertz CT molecular complexity index is 464. The van der Waals surface area contributed by atoms with E-state index in [2.05, 4.69) is 15.3 Å². The van der Waals surface area contributed by atoms with E-state index in [1.54, 1.807) is 25.2 Å². The number of halogens is 2. The largest absolute Gasteiger partial charge is 0.370 e. The third-order valence-electron chi connectivity index (χ3n) is 2.25. The van der Waals surface area contributed by atoms with Gasteiger partial charge in [-0.05, 0) is 19.1 Å². The molecule has 0 radical (unpaired) electrons. The van der Waals surface area contributed by atoms with Crippen LogP contribution in [-0.2, 0) is 0 Å². The van der Waals surface area contributed by atoms with Gasteiger partial charge >= 0.3 is 0 Å². The van der Waals surface area contributed by atoms with E-state index < -0.39 is 0 Å². The molecule has 0 heterocycles. The molecule has 1 aromatic rings. The second-order valence-corrected chi connectivity index (χ2v) is 4.37. The van der Waals surface area contributed by atoms with Gasteiger partial charge in [0.2, 0.25) is 0 Å². The highest BCUT2D eigenvalue weighted by atomic mass is 35.5. The molecule has 1 aromatic carbocycles. The molecule has 0 bridgehead atoms. The molecule has 7 heteroatoms. The Morgan fingerprint density at radius 2 is 1.78 bits per heavy atom. The summed E-state index contributed by atoms with van der Waals surface area (Å²) in [6.07, 6.45) is 0. The van der Waals surface area contributed by atoms with Crippen molar-refractivity contribution in [2.45, 2.75) is 13.0 Å². The molecule has 5 nitrogen and oxygen atoms in total. The summed E-state index contributed by atoms with van der Waals surface area (Å²) in [6.45, 7) is 1.83. The third-order valence-corrected chi connectivity index (χ3v) is 2.91. The summed E-state index contributed by atoms with van der Waals surface area (Å²) < 4.78 is 0. The molecular weight excluding hydrogens is 273 g/mol. The molecule has 18 heavy (non-hydrogen) atoms. The highest BCUT2D eigenvalue weighted by Crippen LogP contribution is 2.31. The van der Waals surface area contributed by atoms with Gasteiger partial charge in [-0.2, -0.15) is 0 Å². The number of nitrogens with zero attached hydrogens (tertiary/aromatic N) is 2. The van der Waals surface area contributed by atoms with Crippen LogP contribution in [0.2, 0.25) is 10.0 Å². The van der Waals surface area contributed by atoms with Gasteiger partial charge in [0, 0.05) is 22.7 Å². The standard InChI is InChI=1S/C11H15Cl2N5/c1-6(17-11(15)18-10(14)16-2)9-7(12)4-3-5-8(9)13/h3-6H,1-2H3,(H5,14,15,16,17,18). The molecule has 98 valence electrons. The molecule has 0 amide bonds. The first kappa shape index (κ1) is 14.6. The molecule has 0 aliphatic carbocycles. The minimum absolute atomic E-state index is 0.154. The summed E-state index contributed by atoms with van der Waals surface area (Å²) in [6, 6.07) is 4.98. The maximum absolute atomic E-state index is 6.08. The molecule has 1 unspecified atom stereocenters. The van der Waals surface area contributed by atoms with Crippen molar-refractivity contribution >= 4 is 35.1 Å². The van der Waals surface area contributed by atoms with Gasteiger partial charge < -0.3 is 11.5 Å². The summed E-state index contributed by atoms with van der Waals surface area (Å²) in [7, 11) is 1.55. The van der Waals surface area contributed by atoms with E-state index in [9.17, 15) is 0 Å². The van der Waals surface area contributed by atoms with Crippen LogP contribution < -0.4 is 16.8 Å². The van der Waals surface area contributed by atoms with Crippen LogP contribution >= 0.6 is 23.2 Å². The molecule has 0 saturated carbocycles. The summed E-state index contributed by atoms with van der Waals surface area (Å²) >= 11 is 12.2. The Balaban J connectivity index is 2.94. The quantitative estimate of drug-likeness (QED) is 0.573. The zero-order chi connectivity index (χ0) is 13.7. The maximum atomic E-state index is 6.08. The van der Waals surface area contributed by atoms with Crippen LogP contribution in [0.5, 0.6) is 0 Å². The third kappa shape index (κ3) is 3.78. The van der Waals surface area contributed by atoms with Crippen molar-refractivity contribution < 1.29 is 0 Å². The molecule has 0 aromatic heterocycles. The Morgan fingerprint density at radius 1 is 1.22 bits per heavy atom. The van der Waals surface area contributed by atoms with Gasteiger partial charge in [0.1, 0.15) is 0 Å². The predicted molar refractivity (Wildman–Crippen MR) is 77.2 cm³/mol. The second kappa shape index (κ2) is 6.47. The monoisotopic (exact) mass is 287 g/mol. The van der Waals surface area contributed by atoms with Crippen molar-refractivity contribution in [2.24, 2.45) is 21.5 Å². The smallest absolute Gasteiger partial charge is 0.196 e. The van der Waals surface area contributed by atoms with Crippen molar-refractivity contribution in [1.82, 2.24) is 5.32 Å². The van der Waals surface area contributed by atoms with E-state index in [4.69, 9.17) is 34.7 Å². The van der Waals surface area contributed by atoms with Gasteiger partial charge in [-0.3, -0.25) is 10.3 Å². The molecule has 0 aliphatic rings. The molecule has 0 saturated heterocycles. The van der Waals surface area contributed by atoms with Crippen LogP contribution in [0.1, 0.15) is 18.5 Å². The van der Waals surface area contributed by atoms with Crippen molar-refractivity contribution in [3.8, 4) is 0 Å². The number of nitrogens with one attached hydrogen (secondary N) is 1. The Morgan fingerprint density at radius 3 is 2.28 bits per heavy atom. The predicted octanol–water partition coefficient (Wildman–Crippen LogP) is 1.90. The SMILES string of the molecule is CN=C(N)NC(N)=NC(C)c1c(Cl)cccc1Cl.